The summed E-state index contributed by atoms with van der Waals surface area (Å²) in [6, 6.07) is 15.6. The number of carbonyl (C=O) groups is 1. The molecule has 0 saturated carbocycles. The first-order valence-corrected chi connectivity index (χ1v) is 11.1. The van der Waals surface area contributed by atoms with Gasteiger partial charge >= 0.3 is 0 Å². The van der Waals surface area contributed by atoms with Crippen molar-refractivity contribution in [3.63, 3.8) is 0 Å². The van der Waals surface area contributed by atoms with Crippen LogP contribution in [0.5, 0.6) is 11.5 Å². The van der Waals surface area contributed by atoms with Crippen LogP contribution >= 0.6 is 0 Å². The average molecular weight is 434 g/mol. The standard InChI is InChI=1S/C26H31N3O3/c1-6-7-16-32-20-14-10-18(11-15-20)24-21-22(17-8-12-19(31-5)13-9-17)27-28-23(21)25(30)29(24)26(2,3)4/h8-15,24H,6-7,16H2,1-5H3,(H,27,28). The first-order valence-electron chi connectivity index (χ1n) is 11.1. The number of methoxy groups -OCH3 is 1. The number of amides is 1. The van der Waals surface area contributed by atoms with E-state index in [9.17, 15) is 4.79 Å². The molecule has 0 radical (unpaired) electrons. The third-order valence-corrected chi connectivity index (χ3v) is 5.82. The molecule has 2 heterocycles. The molecule has 1 aliphatic heterocycles. The third-order valence-electron chi connectivity index (χ3n) is 5.82. The van der Waals surface area contributed by atoms with Crippen LogP contribution in [-0.4, -0.2) is 40.3 Å². The zero-order valence-electron chi connectivity index (χ0n) is 19.4. The zero-order valence-corrected chi connectivity index (χ0v) is 19.4. The third kappa shape index (κ3) is 3.97. The molecule has 6 nitrogen and oxygen atoms in total. The number of rotatable bonds is 7. The van der Waals surface area contributed by atoms with Gasteiger partial charge in [0, 0.05) is 16.7 Å². The molecular weight excluding hydrogens is 402 g/mol. The predicted octanol–water partition coefficient (Wildman–Crippen LogP) is 5.61. The van der Waals surface area contributed by atoms with Gasteiger partial charge in [0.05, 0.1) is 25.5 Å². The SMILES string of the molecule is CCCCOc1ccc(C2c3c(-c4ccc(OC)cc4)n[nH]c3C(=O)N2C(C)(C)C)cc1. The second kappa shape index (κ2) is 8.69. The van der Waals surface area contributed by atoms with Crippen molar-refractivity contribution in [2.75, 3.05) is 13.7 Å². The van der Waals surface area contributed by atoms with E-state index in [4.69, 9.17) is 9.47 Å². The maximum Gasteiger partial charge on any atom is 0.273 e. The Morgan fingerprint density at radius 3 is 2.28 bits per heavy atom. The van der Waals surface area contributed by atoms with Crippen LogP contribution < -0.4 is 9.47 Å². The molecule has 3 aromatic rings. The molecule has 0 bridgehead atoms. The number of nitrogens with zero attached hydrogens (tertiary/aromatic N) is 2. The van der Waals surface area contributed by atoms with Crippen LogP contribution in [0.4, 0.5) is 0 Å². The highest BCUT2D eigenvalue weighted by atomic mass is 16.5. The summed E-state index contributed by atoms with van der Waals surface area (Å²) in [4.78, 5) is 15.4. The van der Waals surface area contributed by atoms with Crippen LogP contribution in [0.2, 0.25) is 0 Å². The Morgan fingerprint density at radius 2 is 1.69 bits per heavy atom. The van der Waals surface area contributed by atoms with Crippen LogP contribution in [0.25, 0.3) is 11.3 Å². The smallest absolute Gasteiger partial charge is 0.273 e. The molecule has 1 amide bonds. The maximum atomic E-state index is 13.4. The lowest BCUT2D eigenvalue weighted by Gasteiger charge is -2.37. The van der Waals surface area contributed by atoms with E-state index >= 15 is 0 Å². The van der Waals surface area contributed by atoms with Gasteiger partial charge < -0.3 is 14.4 Å². The first-order chi connectivity index (χ1) is 15.3. The average Bonchev–Trinajstić information content (AvgIpc) is 3.33. The molecule has 1 unspecified atom stereocenters. The highest BCUT2D eigenvalue weighted by Crippen LogP contribution is 2.46. The van der Waals surface area contributed by atoms with E-state index in [2.05, 4.69) is 50.0 Å². The summed E-state index contributed by atoms with van der Waals surface area (Å²) < 4.78 is 11.1. The molecule has 1 aromatic heterocycles. The molecule has 1 N–H and O–H groups in total. The summed E-state index contributed by atoms with van der Waals surface area (Å²) in [6.07, 6.45) is 2.13. The molecule has 0 spiro atoms. The van der Waals surface area contributed by atoms with Crippen LogP contribution in [0, 0.1) is 0 Å². The fourth-order valence-electron chi connectivity index (χ4n) is 4.20. The Hall–Kier alpha value is -3.28. The van der Waals surface area contributed by atoms with E-state index in [0.29, 0.717) is 12.3 Å². The van der Waals surface area contributed by atoms with Crippen molar-refractivity contribution >= 4 is 5.91 Å². The molecule has 1 aliphatic rings. The molecule has 32 heavy (non-hydrogen) atoms. The number of ether oxygens (including phenoxy) is 2. The largest absolute Gasteiger partial charge is 0.497 e. The number of aromatic nitrogens is 2. The van der Waals surface area contributed by atoms with Crippen LogP contribution in [-0.2, 0) is 0 Å². The topological polar surface area (TPSA) is 67.5 Å². The first kappa shape index (κ1) is 21.9. The van der Waals surface area contributed by atoms with Gasteiger partial charge in [0.25, 0.3) is 5.91 Å². The Morgan fingerprint density at radius 1 is 1.03 bits per heavy atom. The lowest BCUT2D eigenvalue weighted by Crippen LogP contribution is -2.44. The summed E-state index contributed by atoms with van der Waals surface area (Å²) in [5.41, 5.74) is 3.86. The summed E-state index contributed by atoms with van der Waals surface area (Å²) in [5, 5.41) is 7.55. The summed E-state index contributed by atoms with van der Waals surface area (Å²) >= 11 is 0. The highest BCUT2D eigenvalue weighted by molar-refractivity contribution is 6.00. The van der Waals surface area contributed by atoms with Crippen molar-refractivity contribution in [2.45, 2.75) is 52.1 Å². The second-order valence-electron chi connectivity index (χ2n) is 9.11. The molecule has 1 atom stereocenters. The van der Waals surface area contributed by atoms with E-state index < -0.39 is 0 Å². The van der Waals surface area contributed by atoms with Gasteiger partial charge in [-0.1, -0.05) is 25.5 Å². The number of H-pyrrole nitrogens is 1. The van der Waals surface area contributed by atoms with Gasteiger partial charge in [-0.15, -0.1) is 0 Å². The number of nitrogens with one attached hydrogen (secondary N) is 1. The minimum atomic E-state index is -0.366. The lowest BCUT2D eigenvalue weighted by atomic mass is 9.93. The molecule has 0 saturated heterocycles. The normalized spacial score (nSPS) is 15.7. The van der Waals surface area contributed by atoms with Gasteiger partial charge in [-0.05, 0) is 69.2 Å². The molecule has 4 rings (SSSR count). The monoisotopic (exact) mass is 433 g/mol. The zero-order chi connectivity index (χ0) is 22.9. The van der Waals surface area contributed by atoms with Crippen LogP contribution in [0.3, 0.4) is 0 Å². The van der Waals surface area contributed by atoms with Crippen molar-refractivity contribution in [1.82, 2.24) is 15.1 Å². The van der Waals surface area contributed by atoms with Gasteiger partial charge in [0.15, 0.2) is 0 Å². The number of fused-ring (bicyclic) bond motifs is 1. The lowest BCUT2D eigenvalue weighted by molar-refractivity contribution is 0.0546. The maximum absolute atomic E-state index is 13.4. The number of unbranched alkanes of at least 4 members (excludes halogenated alkanes) is 1. The number of aromatic amines is 1. The van der Waals surface area contributed by atoms with Crippen LogP contribution in [0.15, 0.2) is 48.5 Å². The molecular formula is C26H31N3O3. The molecule has 2 aromatic carbocycles. The van der Waals surface area contributed by atoms with E-state index in [1.807, 2.05) is 41.3 Å². The highest BCUT2D eigenvalue weighted by Gasteiger charge is 2.46. The molecule has 0 fully saturated rings. The number of benzene rings is 2. The van der Waals surface area contributed by atoms with Crippen molar-refractivity contribution in [3.05, 3.63) is 65.4 Å². The van der Waals surface area contributed by atoms with Gasteiger partial charge in [-0.25, -0.2) is 0 Å². The second-order valence-corrected chi connectivity index (χ2v) is 9.11. The predicted molar refractivity (Wildman–Crippen MR) is 125 cm³/mol. The summed E-state index contributed by atoms with van der Waals surface area (Å²) in [6.45, 7) is 9.04. The fraction of sp³-hybridized carbons (Fsp3) is 0.385. The quantitative estimate of drug-likeness (QED) is 0.492. The Bertz CT molecular complexity index is 1080. The number of hydrogen-bond acceptors (Lipinski definition) is 4. The van der Waals surface area contributed by atoms with Gasteiger partial charge in [0.1, 0.15) is 17.2 Å². The van der Waals surface area contributed by atoms with E-state index in [0.717, 1.165) is 46.7 Å². The minimum Gasteiger partial charge on any atom is -0.497 e. The molecule has 0 aliphatic carbocycles. The fourth-order valence-corrected chi connectivity index (χ4v) is 4.20. The van der Waals surface area contributed by atoms with E-state index in [-0.39, 0.29) is 17.5 Å². The van der Waals surface area contributed by atoms with Gasteiger partial charge in [-0.3, -0.25) is 9.89 Å². The molecule has 168 valence electrons. The Labute approximate surface area is 189 Å². The minimum absolute atomic E-state index is 0.0342. The van der Waals surface area contributed by atoms with Crippen molar-refractivity contribution < 1.29 is 14.3 Å². The number of carbonyl (C=O) groups excluding carboxylic acids is 1. The van der Waals surface area contributed by atoms with Gasteiger partial charge in [0.2, 0.25) is 0 Å². The summed E-state index contributed by atoms with van der Waals surface area (Å²) in [7, 11) is 1.65. The van der Waals surface area contributed by atoms with Crippen LogP contribution in [0.1, 0.15) is 68.2 Å². The van der Waals surface area contributed by atoms with Crippen molar-refractivity contribution in [1.29, 1.82) is 0 Å². The Balaban J connectivity index is 1.76. The number of hydrogen-bond donors (Lipinski definition) is 1. The van der Waals surface area contributed by atoms with E-state index in [1.54, 1.807) is 7.11 Å². The van der Waals surface area contributed by atoms with E-state index in [1.165, 1.54) is 0 Å². The Kier molecular flexibility index (Phi) is 5.96. The van der Waals surface area contributed by atoms with Crippen molar-refractivity contribution in [2.24, 2.45) is 0 Å². The van der Waals surface area contributed by atoms with Crippen molar-refractivity contribution in [3.8, 4) is 22.8 Å². The summed E-state index contributed by atoms with van der Waals surface area (Å²) in [5.74, 6) is 1.59. The van der Waals surface area contributed by atoms with Gasteiger partial charge in [-0.2, -0.15) is 5.10 Å². The molecule has 6 heteroatoms.